The molecule has 0 saturated heterocycles. The van der Waals surface area contributed by atoms with E-state index in [0.717, 1.165) is 25.7 Å². The highest BCUT2D eigenvalue weighted by Gasteiger charge is 2.08. The van der Waals surface area contributed by atoms with Crippen LogP contribution in [0.4, 0.5) is 0 Å². The van der Waals surface area contributed by atoms with Gasteiger partial charge in [0.2, 0.25) is 0 Å². The molecule has 0 heterocycles. The first-order valence-corrected chi connectivity index (χ1v) is 12.7. The van der Waals surface area contributed by atoms with E-state index < -0.39 is 12.6 Å². The fraction of sp³-hybridized carbons (Fsp3) is 0.571. The molecule has 0 aromatic heterocycles. The van der Waals surface area contributed by atoms with Crippen LogP contribution in [0.25, 0.3) is 0 Å². The average molecular weight is 459 g/mol. The van der Waals surface area contributed by atoms with Gasteiger partial charge in [-0.25, -0.2) is 0 Å². The van der Waals surface area contributed by atoms with Gasteiger partial charge < -0.3 is 24.4 Å². The minimum absolute atomic E-state index is 0.621. The summed E-state index contributed by atoms with van der Waals surface area (Å²) >= 11 is 0. The molecule has 0 amide bonds. The van der Waals surface area contributed by atoms with Gasteiger partial charge >= 0.3 is 0 Å². The zero-order valence-electron chi connectivity index (χ0n) is 20.4. The van der Waals surface area contributed by atoms with Gasteiger partial charge in [-0.3, -0.25) is 0 Å². The molecule has 5 nitrogen and oxygen atoms in total. The molecular formula is C28H42O5. The van der Waals surface area contributed by atoms with Gasteiger partial charge in [-0.1, -0.05) is 65.2 Å². The van der Waals surface area contributed by atoms with Crippen LogP contribution in [-0.2, 0) is 0 Å². The highest BCUT2D eigenvalue weighted by Crippen LogP contribution is 2.26. The van der Waals surface area contributed by atoms with Crippen LogP contribution >= 0.6 is 0 Å². The molecule has 0 spiro atoms. The summed E-state index contributed by atoms with van der Waals surface area (Å²) in [6.45, 7) is 4.39. The Bertz CT molecular complexity index is 665. The molecule has 0 fully saturated rings. The van der Waals surface area contributed by atoms with Crippen LogP contribution in [-0.4, -0.2) is 22.8 Å². The van der Waals surface area contributed by atoms with E-state index in [1.807, 2.05) is 24.3 Å². The molecule has 0 aliphatic carbocycles. The van der Waals surface area contributed by atoms with Crippen LogP contribution in [0.1, 0.15) is 90.9 Å². The Labute approximate surface area is 199 Å². The van der Waals surface area contributed by atoms with Crippen molar-refractivity contribution in [3.8, 4) is 23.0 Å². The summed E-state index contributed by atoms with van der Waals surface area (Å²) in [6.07, 6.45) is 11.3. The normalized spacial score (nSPS) is 12.8. The molecule has 0 aliphatic heterocycles. The predicted octanol–water partition coefficient (Wildman–Crippen LogP) is 7.59. The number of rotatable bonds is 18. The molecule has 0 radical (unpaired) electrons. The van der Waals surface area contributed by atoms with Gasteiger partial charge in [0.1, 0.15) is 23.0 Å². The average Bonchev–Trinajstić information content (AvgIpc) is 2.81. The fourth-order valence-electron chi connectivity index (χ4n) is 3.59. The minimum Gasteiger partial charge on any atom is -0.465 e. The van der Waals surface area contributed by atoms with Crippen LogP contribution in [0.3, 0.4) is 0 Å². The van der Waals surface area contributed by atoms with Gasteiger partial charge in [0.05, 0.1) is 0 Å². The first-order valence-electron chi connectivity index (χ1n) is 12.7. The summed E-state index contributed by atoms with van der Waals surface area (Å²) < 4.78 is 17.0. The number of aliphatic hydroxyl groups excluding tert-OH is 2. The second-order valence-electron chi connectivity index (χ2n) is 8.60. The SMILES string of the molecule is CCCCCCCC(O)Oc1ccc(Oc2ccc(OC(O)CCCCCCC)cc2)cc1. The Morgan fingerprint density at radius 2 is 0.848 bits per heavy atom. The molecule has 2 rings (SSSR count). The van der Waals surface area contributed by atoms with Gasteiger partial charge in [0.25, 0.3) is 0 Å². The van der Waals surface area contributed by atoms with Gasteiger partial charge in [0, 0.05) is 12.8 Å². The van der Waals surface area contributed by atoms with Crippen LogP contribution in [0, 0.1) is 0 Å². The zero-order chi connectivity index (χ0) is 23.7. The fourth-order valence-corrected chi connectivity index (χ4v) is 3.59. The standard InChI is InChI=1S/C28H42O5/c1-3-5-7-9-11-13-27(29)32-25-19-15-23(16-20-25)31-24-17-21-26(22-18-24)33-28(30)14-12-10-8-6-4-2/h15-22,27-30H,3-14H2,1-2H3. The molecule has 2 aromatic rings. The second kappa shape index (κ2) is 16.4. The van der Waals surface area contributed by atoms with Crippen molar-refractivity contribution in [1.82, 2.24) is 0 Å². The van der Waals surface area contributed by atoms with Gasteiger partial charge in [-0.2, -0.15) is 0 Å². The first kappa shape index (κ1) is 27.0. The molecule has 2 unspecified atom stereocenters. The van der Waals surface area contributed by atoms with Crippen molar-refractivity contribution in [2.45, 2.75) is 103 Å². The van der Waals surface area contributed by atoms with Crippen molar-refractivity contribution >= 4 is 0 Å². The van der Waals surface area contributed by atoms with Crippen molar-refractivity contribution < 1.29 is 24.4 Å². The maximum absolute atomic E-state index is 10.1. The highest BCUT2D eigenvalue weighted by atomic mass is 16.6. The third kappa shape index (κ3) is 12.0. The van der Waals surface area contributed by atoms with Gasteiger partial charge in [-0.05, 0) is 61.4 Å². The van der Waals surface area contributed by atoms with Crippen molar-refractivity contribution in [3.63, 3.8) is 0 Å². The lowest BCUT2D eigenvalue weighted by Crippen LogP contribution is -2.15. The largest absolute Gasteiger partial charge is 0.465 e. The van der Waals surface area contributed by atoms with Crippen molar-refractivity contribution in [2.75, 3.05) is 0 Å². The number of hydrogen-bond donors (Lipinski definition) is 2. The maximum atomic E-state index is 10.1. The van der Waals surface area contributed by atoms with E-state index >= 15 is 0 Å². The number of unbranched alkanes of at least 4 members (excludes halogenated alkanes) is 8. The monoisotopic (exact) mass is 458 g/mol. The van der Waals surface area contributed by atoms with Crippen molar-refractivity contribution in [1.29, 1.82) is 0 Å². The molecule has 184 valence electrons. The Kier molecular flexibility index (Phi) is 13.4. The number of hydrogen-bond acceptors (Lipinski definition) is 5. The number of aliphatic hydroxyl groups is 2. The Morgan fingerprint density at radius 1 is 0.515 bits per heavy atom. The van der Waals surface area contributed by atoms with E-state index in [2.05, 4.69) is 13.8 Å². The number of benzene rings is 2. The van der Waals surface area contributed by atoms with E-state index in [9.17, 15) is 10.2 Å². The summed E-state index contributed by atoms with van der Waals surface area (Å²) in [5, 5.41) is 20.1. The zero-order valence-corrected chi connectivity index (χ0v) is 20.4. The van der Waals surface area contributed by atoms with Gasteiger partial charge in [0.15, 0.2) is 12.6 Å². The molecule has 2 aromatic carbocycles. The van der Waals surface area contributed by atoms with Crippen LogP contribution < -0.4 is 14.2 Å². The molecule has 33 heavy (non-hydrogen) atoms. The Hall–Kier alpha value is -2.24. The van der Waals surface area contributed by atoms with E-state index in [0.29, 0.717) is 35.8 Å². The third-order valence-electron chi connectivity index (χ3n) is 5.54. The lowest BCUT2D eigenvalue weighted by molar-refractivity contribution is -0.0250. The smallest absolute Gasteiger partial charge is 0.197 e. The molecule has 0 aliphatic rings. The molecule has 2 N–H and O–H groups in total. The lowest BCUT2D eigenvalue weighted by atomic mass is 10.1. The van der Waals surface area contributed by atoms with E-state index in [-0.39, 0.29) is 0 Å². The van der Waals surface area contributed by atoms with Crippen LogP contribution in [0.2, 0.25) is 0 Å². The third-order valence-corrected chi connectivity index (χ3v) is 5.54. The molecule has 2 atom stereocenters. The summed E-state index contributed by atoms with van der Waals surface area (Å²) in [4.78, 5) is 0. The minimum atomic E-state index is -0.780. The molecular weight excluding hydrogens is 416 g/mol. The van der Waals surface area contributed by atoms with E-state index in [4.69, 9.17) is 14.2 Å². The van der Waals surface area contributed by atoms with E-state index in [1.165, 1.54) is 38.5 Å². The second-order valence-corrected chi connectivity index (χ2v) is 8.60. The topological polar surface area (TPSA) is 68.2 Å². The number of ether oxygens (including phenoxy) is 3. The molecule has 0 bridgehead atoms. The van der Waals surface area contributed by atoms with E-state index in [1.54, 1.807) is 24.3 Å². The summed E-state index contributed by atoms with van der Waals surface area (Å²) in [5.74, 6) is 2.60. The first-order chi connectivity index (χ1) is 16.1. The highest BCUT2D eigenvalue weighted by molar-refractivity contribution is 5.37. The quantitative estimate of drug-likeness (QED) is 0.178. The summed E-state index contributed by atoms with van der Waals surface area (Å²) in [5.41, 5.74) is 0. The van der Waals surface area contributed by atoms with Crippen molar-refractivity contribution in [2.24, 2.45) is 0 Å². The predicted molar refractivity (Wildman–Crippen MR) is 133 cm³/mol. The summed E-state index contributed by atoms with van der Waals surface area (Å²) in [6, 6.07) is 14.4. The summed E-state index contributed by atoms with van der Waals surface area (Å²) in [7, 11) is 0. The lowest BCUT2D eigenvalue weighted by Gasteiger charge is -2.15. The van der Waals surface area contributed by atoms with Gasteiger partial charge in [-0.15, -0.1) is 0 Å². The molecule has 0 saturated carbocycles. The van der Waals surface area contributed by atoms with Crippen LogP contribution in [0.15, 0.2) is 48.5 Å². The van der Waals surface area contributed by atoms with Crippen molar-refractivity contribution in [3.05, 3.63) is 48.5 Å². The van der Waals surface area contributed by atoms with Crippen LogP contribution in [0.5, 0.6) is 23.0 Å². The maximum Gasteiger partial charge on any atom is 0.197 e. The Morgan fingerprint density at radius 3 is 1.21 bits per heavy atom. The Balaban J connectivity index is 1.70. The molecule has 5 heteroatoms.